The molecule has 1 amide bonds. The van der Waals surface area contributed by atoms with Crippen molar-refractivity contribution in [2.24, 2.45) is 5.41 Å². The topological polar surface area (TPSA) is 79.8 Å². The molecule has 1 aromatic heterocycles. The van der Waals surface area contributed by atoms with Gasteiger partial charge in [0, 0.05) is 43.7 Å². The molecule has 3 fully saturated rings. The molecule has 1 saturated carbocycles. The van der Waals surface area contributed by atoms with Gasteiger partial charge in [-0.15, -0.1) is 0 Å². The Labute approximate surface area is 160 Å². The van der Waals surface area contributed by atoms with E-state index in [0.29, 0.717) is 6.04 Å². The summed E-state index contributed by atoms with van der Waals surface area (Å²) in [6, 6.07) is 2.42. The Morgan fingerprint density at radius 3 is 2.63 bits per heavy atom. The van der Waals surface area contributed by atoms with Gasteiger partial charge in [0.1, 0.15) is 23.6 Å². The van der Waals surface area contributed by atoms with E-state index < -0.39 is 5.60 Å². The third-order valence-corrected chi connectivity index (χ3v) is 5.40. The summed E-state index contributed by atoms with van der Waals surface area (Å²) in [7, 11) is 0. The molecule has 2 aliphatic heterocycles. The van der Waals surface area contributed by atoms with Crippen molar-refractivity contribution in [3.63, 3.8) is 0 Å². The van der Waals surface area contributed by atoms with Crippen LogP contribution in [0.1, 0.15) is 33.6 Å². The zero-order valence-corrected chi connectivity index (χ0v) is 16.4. The molecule has 0 radical (unpaired) electrons. The van der Waals surface area contributed by atoms with Crippen LogP contribution in [-0.4, -0.2) is 72.0 Å². The Morgan fingerprint density at radius 2 is 1.96 bits per heavy atom. The van der Waals surface area contributed by atoms with Crippen LogP contribution >= 0.6 is 0 Å². The molecule has 8 heteroatoms. The van der Waals surface area contributed by atoms with E-state index in [4.69, 9.17) is 9.47 Å². The molecule has 0 unspecified atom stereocenters. The predicted octanol–water partition coefficient (Wildman–Crippen LogP) is 2.12. The molecule has 148 valence electrons. The van der Waals surface area contributed by atoms with Gasteiger partial charge in [0.05, 0.1) is 13.2 Å². The average Bonchev–Trinajstić information content (AvgIpc) is 2.55. The quantitative estimate of drug-likeness (QED) is 0.867. The van der Waals surface area contributed by atoms with Crippen molar-refractivity contribution in [2.75, 3.05) is 49.6 Å². The first-order valence-electron chi connectivity index (χ1n) is 9.71. The van der Waals surface area contributed by atoms with Gasteiger partial charge < -0.3 is 24.6 Å². The minimum Gasteiger partial charge on any atom is -0.444 e. The predicted molar refractivity (Wildman–Crippen MR) is 102 cm³/mol. The molecule has 1 spiro atoms. The second-order valence-electron chi connectivity index (χ2n) is 8.95. The minimum atomic E-state index is -0.436. The molecule has 0 aromatic carbocycles. The van der Waals surface area contributed by atoms with Crippen molar-refractivity contribution in [3.8, 4) is 0 Å². The number of aromatic nitrogens is 2. The Bertz CT molecular complexity index is 685. The first-order chi connectivity index (χ1) is 12.8. The van der Waals surface area contributed by atoms with Gasteiger partial charge in [-0.1, -0.05) is 0 Å². The minimum absolute atomic E-state index is 0.199. The van der Waals surface area contributed by atoms with Crippen LogP contribution in [0, 0.1) is 5.41 Å². The molecule has 3 aliphatic rings. The Morgan fingerprint density at radius 1 is 1.26 bits per heavy atom. The number of hydrogen-bond donors (Lipinski definition) is 1. The highest BCUT2D eigenvalue weighted by Gasteiger charge is 2.54. The summed E-state index contributed by atoms with van der Waals surface area (Å²) in [6.07, 6.45) is 3.54. The first kappa shape index (κ1) is 18.3. The third-order valence-electron chi connectivity index (χ3n) is 5.40. The number of morpholine rings is 1. The molecule has 27 heavy (non-hydrogen) atoms. The maximum Gasteiger partial charge on any atom is 0.410 e. The molecule has 2 saturated heterocycles. The smallest absolute Gasteiger partial charge is 0.410 e. The van der Waals surface area contributed by atoms with Gasteiger partial charge in [-0.05, 0) is 33.6 Å². The van der Waals surface area contributed by atoms with Crippen LogP contribution in [0.4, 0.5) is 16.4 Å². The molecule has 0 atom stereocenters. The summed E-state index contributed by atoms with van der Waals surface area (Å²) in [5, 5.41) is 3.52. The largest absolute Gasteiger partial charge is 0.444 e. The summed E-state index contributed by atoms with van der Waals surface area (Å²) in [5.41, 5.74) is -0.177. The van der Waals surface area contributed by atoms with Gasteiger partial charge in [-0.25, -0.2) is 14.8 Å². The lowest BCUT2D eigenvalue weighted by Crippen LogP contribution is -2.66. The van der Waals surface area contributed by atoms with Crippen molar-refractivity contribution < 1.29 is 14.3 Å². The van der Waals surface area contributed by atoms with Crippen molar-refractivity contribution >= 4 is 17.7 Å². The number of nitrogens with zero attached hydrogens (tertiary/aromatic N) is 4. The fraction of sp³-hybridized carbons (Fsp3) is 0.737. The maximum atomic E-state index is 12.1. The molecule has 0 bridgehead atoms. The zero-order chi connectivity index (χ0) is 19.1. The highest BCUT2D eigenvalue weighted by atomic mass is 16.6. The summed E-state index contributed by atoms with van der Waals surface area (Å²) in [4.78, 5) is 24.9. The molecule has 1 aliphatic carbocycles. The van der Waals surface area contributed by atoms with Crippen LogP contribution in [0.15, 0.2) is 12.4 Å². The van der Waals surface area contributed by atoms with E-state index in [1.54, 1.807) is 6.33 Å². The Kier molecular flexibility index (Phi) is 4.61. The standard InChI is InChI=1S/C19H29N5O3/c1-18(2,3)27-17(25)24-11-19(12-24)9-14(10-19)22-15-8-16(21-13-20-15)23-4-6-26-7-5-23/h8,13-14H,4-7,9-12H2,1-3H3,(H,20,21,22). The van der Waals surface area contributed by atoms with E-state index in [0.717, 1.165) is 63.9 Å². The highest BCUT2D eigenvalue weighted by molar-refractivity contribution is 5.69. The molecule has 1 N–H and O–H groups in total. The van der Waals surface area contributed by atoms with Crippen molar-refractivity contribution in [1.29, 1.82) is 0 Å². The molecule has 1 aromatic rings. The third kappa shape index (κ3) is 4.10. The number of rotatable bonds is 3. The van der Waals surface area contributed by atoms with E-state index in [-0.39, 0.29) is 11.5 Å². The average molecular weight is 375 g/mol. The number of carbonyl (C=O) groups excluding carboxylic acids is 1. The van der Waals surface area contributed by atoms with E-state index in [2.05, 4.69) is 20.2 Å². The fourth-order valence-electron chi connectivity index (χ4n) is 4.17. The number of nitrogens with one attached hydrogen (secondary N) is 1. The van der Waals surface area contributed by atoms with Gasteiger partial charge in [0.25, 0.3) is 0 Å². The van der Waals surface area contributed by atoms with E-state index in [1.807, 2.05) is 31.7 Å². The second-order valence-corrected chi connectivity index (χ2v) is 8.95. The fourth-order valence-corrected chi connectivity index (χ4v) is 4.17. The van der Waals surface area contributed by atoms with Crippen LogP contribution < -0.4 is 10.2 Å². The van der Waals surface area contributed by atoms with Crippen LogP contribution in [-0.2, 0) is 9.47 Å². The van der Waals surface area contributed by atoms with Crippen LogP contribution in [0.3, 0.4) is 0 Å². The number of anilines is 2. The monoisotopic (exact) mass is 375 g/mol. The lowest BCUT2D eigenvalue weighted by Gasteiger charge is -2.58. The lowest BCUT2D eigenvalue weighted by molar-refractivity contribution is -0.0739. The van der Waals surface area contributed by atoms with Crippen molar-refractivity contribution in [1.82, 2.24) is 14.9 Å². The Balaban J connectivity index is 1.25. The van der Waals surface area contributed by atoms with Crippen LogP contribution in [0.2, 0.25) is 0 Å². The zero-order valence-electron chi connectivity index (χ0n) is 16.4. The molecule has 8 nitrogen and oxygen atoms in total. The van der Waals surface area contributed by atoms with Crippen molar-refractivity contribution in [2.45, 2.75) is 45.3 Å². The lowest BCUT2D eigenvalue weighted by atomic mass is 9.61. The van der Waals surface area contributed by atoms with Crippen LogP contribution in [0.25, 0.3) is 0 Å². The summed E-state index contributed by atoms with van der Waals surface area (Å²) >= 11 is 0. The molecular formula is C19H29N5O3. The van der Waals surface area contributed by atoms with Gasteiger partial charge >= 0.3 is 6.09 Å². The normalized spacial score (nSPS) is 22.2. The number of amides is 1. The van der Waals surface area contributed by atoms with Gasteiger partial charge in [0.15, 0.2) is 0 Å². The Hall–Kier alpha value is -2.09. The number of likely N-dealkylation sites (tertiary alicyclic amines) is 1. The second kappa shape index (κ2) is 6.82. The number of carbonyl (C=O) groups is 1. The summed E-state index contributed by atoms with van der Waals surface area (Å²) in [5.74, 6) is 1.82. The molecular weight excluding hydrogens is 346 g/mol. The van der Waals surface area contributed by atoms with E-state index in [1.165, 1.54) is 0 Å². The van der Waals surface area contributed by atoms with Crippen molar-refractivity contribution in [3.05, 3.63) is 12.4 Å². The van der Waals surface area contributed by atoms with Gasteiger partial charge in [-0.2, -0.15) is 0 Å². The van der Waals surface area contributed by atoms with Gasteiger partial charge in [-0.3, -0.25) is 0 Å². The SMILES string of the molecule is CC(C)(C)OC(=O)N1CC2(CC(Nc3cc(N4CCOCC4)ncn3)C2)C1. The first-order valence-corrected chi connectivity index (χ1v) is 9.71. The van der Waals surface area contributed by atoms with E-state index in [9.17, 15) is 4.79 Å². The summed E-state index contributed by atoms with van der Waals surface area (Å²) < 4.78 is 10.8. The molecule has 3 heterocycles. The highest BCUT2D eigenvalue weighted by Crippen LogP contribution is 2.49. The maximum absolute atomic E-state index is 12.1. The summed E-state index contributed by atoms with van der Waals surface area (Å²) in [6.45, 7) is 10.5. The number of ether oxygens (including phenoxy) is 2. The van der Waals surface area contributed by atoms with Gasteiger partial charge in [0.2, 0.25) is 0 Å². The van der Waals surface area contributed by atoms with Crippen LogP contribution in [0.5, 0.6) is 0 Å². The van der Waals surface area contributed by atoms with E-state index >= 15 is 0 Å². The molecule has 4 rings (SSSR count). The number of hydrogen-bond acceptors (Lipinski definition) is 7.